The minimum atomic E-state index is -0.922. The second-order valence-electron chi connectivity index (χ2n) is 5.42. The lowest BCUT2D eigenvalue weighted by atomic mass is 10.2. The fourth-order valence-electron chi connectivity index (χ4n) is 2.32. The number of thiocarbonyl (C=S) groups is 1. The Labute approximate surface area is 159 Å². The van der Waals surface area contributed by atoms with E-state index >= 15 is 0 Å². The molecule has 0 bridgehead atoms. The average molecular weight is 396 g/mol. The van der Waals surface area contributed by atoms with Gasteiger partial charge in [0.05, 0.1) is 5.75 Å². The first-order valence-electron chi connectivity index (χ1n) is 7.83. The van der Waals surface area contributed by atoms with Crippen molar-refractivity contribution in [3.8, 4) is 11.5 Å². The van der Waals surface area contributed by atoms with Crippen molar-refractivity contribution < 1.29 is 28.6 Å². The molecule has 138 valence electrons. The summed E-state index contributed by atoms with van der Waals surface area (Å²) in [5, 5.41) is 2.57. The SMILES string of the molecule is O=C(COC(=O)[C@@H]1COc2ccccc2O1)NCCN1C(=O)CSC1=S. The van der Waals surface area contributed by atoms with Gasteiger partial charge < -0.3 is 19.5 Å². The molecule has 26 heavy (non-hydrogen) atoms. The van der Waals surface area contributed by atoms with E-state index in [9.17, 15) is 14.4 Å². The standard InChI is InChI=1S/C16H16N2O6S2/c19-13(17-5-6-18-14(20)9-26-16(18)25)8-23-15(21)12-7-22-10-3-1-2-4-11(10)24-12/h1-4,12H,5-9H2,(H,17,19)/t12-/m0/s1. The van der Waals surface area contributed by atoms with E-state index in [0.717, 1.165) is 0 Å². The number of ether oxygens (including phenoxy) is 3. The van der Waals surface area contributed by atoms with Crippen LogP contribution in [-0.4, -0.2) is 65.2 Å². The van der Waals surface area contributed by atoms with Gasteiger partial charge in [0.1, 0.15) is 10.9 Å². The van der Waals surface area contributed by atoms with Crippen molar-refractivity contribution in [2.45, 2.75) is 6.10 Å². The van der Waals surface area contributed by atoms with E-state index in [1.54, 1.807) is 24.3 Å². The summed E-state index contributed by atoms with van der Waals surface area (Å²) in [5.74, 6) is 0.117. The molecular weight excluding hydrogens is 380 g/mol. The fourth-order valence-corrected chi connectivity index (χ4v) is 3.44. The molecule has 10 heteroatoms. The maximum absolute atomic E-state index is 12.0. The van der Waals surface area contributed by atoms with Crippen molar-refractivity contribution in [3.63, 3.8) is 0 Å². The van der Waals surface area contributed by atoms with Crippen LogP contribution < -0.4 is 14.8 Å². The quantitative estimate of drug-likeness (QED) is 0.544. The number of amides is 2. The van der Waals surface area contributed by atoms with Gasteiger partial charge in [0.25, 0.3) is 5.91 Å². The Bertz CT molecular complexity index is 725. The highest BCUT2D eigenvalue weighted by molar-refractivity contribution is 8.23. The molecule has 1 fully saturated rings. The molecule has 0 radical (unpaired) electrons. The molecule has 8 nitrogen and oxygen atoms in total. The number of hydrogen-bond acceptors (Lipinski definition) is 8. The molecular formula is C16H16N2O6S2. The number of benzene rings is 1. The third-order valence-electron chi connectivity index (χ3n) is 3.62. The highest BCUT2D eigenvalue weighted by atomic mass is 32.2. The third-order valence-corrected chi connectivity index (χ3v) is 5.05. The number of fused-ring (bicyclic) bond motifs is 1. The van der Waals surface area contributed by atoms with Gasteiger partial charge in [-0.25, -0.2) is 4.79 Å². The Morgan fingerprint density at radius 2 is 2.12 bits per heavy atom. The van der Waals surface area contributed by atoms with Gasteiger partial charge in [-0.2, -0.15) is 0 Å². The molecule has 1 aromatic carbocycles. The van der Waals surface area contributed by atoms with E-state index < -0.39 is 24.6 Å². The second kappa shape index (κ2) is 8.37. The van der Waals surface area contributed by atoms with Gasteiger partial charge in [-0.05, 0) is 12.1 Å². The molecule has 0 aliphatic carbocycles. The van der Waals surface area contributed by atoms with Crippen LogP contribution in [0.2, 0.25) is 0 Å². The molecule has 1 aromatic rings. The Kier molecular flexibility index (Phi) is 5.94. The first-order valence-corrected chi connectivity index (χ1v) is 9.23. The van der Waals surface area contributed by atoms with E-state index in [2.05, 4.69) is 5.32 Å². The molecule has 2 amide bonds. The van der Waals surface area contributed by atoms with E-state index in [0.29, 0.717) is 28.1 Å². The number of hydrogen-bond donors (Lipinski definition) is 1. The van der Waals surface area contributed by atoms with Gasteiger partial charge in [0.15, 0.2) is 18.1 Å². The summed E-state index contributed by atoms with van der Waals surface area (Å²) in [6.45, 7) is 0.0943. The van der Waals surface area contributed by atoms with E-state index in [1.165, 1.54) is 16.7 Å². The average Bonchev–Trinajstić information content (AvgIpc) is 2.97. The van der Waals surface area contributed by atoms with Crippen LogP contribution in [0.5, 0.6) is 11.5 Å². The van der Waals surface area contributed by atoms with Gasteiger partial charge in [-0.15, -0.1) is 0 Å². The molecule has 1 saturated heterocycles. The summed E-state index contributed by atoms with van der Waals surface area (Å²) in [4.78, 5) is 36.8. The Balaban J connectivity index is 1.37. The number of nitrogens with one attached hydrogen (secondary N) is 1. The van der Waals surface area contributed by atoms with Gasteiger partial charge in [0.2, 0.25) is 12.0 Å². The number of nitrogens with zero attached hydrogens (tertiary/aromatic N) is 1. The van der Waals surface area contributed by atoms with Crippen LogP contribution in [0.1, 0.15) is 0 Å². The predicted octanol–water partition coefficient (Wildman–Crippen LogP) is 0.346. The predicted molar refractivity (Wildman–Crippen MR) is 97.1 cm³/mol. The van der Waals surface area contributed by atoms with E-state index in [4.69, 9.17) is 26.4 Å². The Morgan fingerprint density at radius 3 is 2.85 bits per heavy atom. The van der Waals surface area contributed by atoms with Crippen LogP contribution in [0.4, 0.5) is 0 Å². The fraction of sp³-hybridized carbons (Fsp3) is 0.375. The summed E-state index contributed by atoms with van der Waals surface area (Å²) < 4.78 is 16.4. The van der Waals surface area contributed by atoms with Gasteiger partial charge in [-0.3, -0.25) is 14.5 Å². The number of esters is 1. The Hall–Kier alpha value is -2.33. The van der Waals surface area contributed by atoms with Crippen LogP contribution in [0.25, 0.3) is 0 Å². The summed E-state index contributed by atoms with van der Waals surface area (Å²) in [6.07, 6.45) is -0.922. The molecule has 0 spiro atoms. The number of para-hydroxylation sites is 2. The summed E-state index contributed by atoms with van der Waals surface area (Å²) in [6, 6.07) is 6.98. The highest BCUT2D eigenvalue weighted by Gasteiger charge is 2.29. The first kappa shape index (κ1) is 18.5. The maximum atomic E-state index is 12.0. The number of thioether (sulfide) groups is 1. The van der Waals surface area contributed by atoms with Crippen molar-refractivity contribution in [2.75, 3.05) is 32.1 Å². The zero-order chi connectivity index (χ0) is 18.5. The van der Waals surface area contributed by atoms with Crippen LogP contribution >= 0.6 is 24.0 Å². The number of carbonyl (C=O) groups excluding carboxylic acids is 3. The topological polar surface area (TPSA) is 94.2 Å². The molecule has 2 aliphatic rings. The lowest BCUT2D eigenvalue weighted by molar-refractivity contribution is -0.157. The zero-order valence-electron chi connectivity index (χ0n) is 13.6. The summed E-state index contributed by atoms with van der Waals surface area (Å²) in [5.41, 5.74) is 0. The zero-order valence-corrected chi connectivity index (χ0v) is 15.3. The molecule has 0 unspecified atom stereocenters. The second-order valence-corrected chi connectivity index (χ2v) is 7.03. The summed E-state index contributed by atoms with van der Waals surface area (Å²) in [7, 11) is 0. The van der Waals surface area contributed by atoms with Crippen molar-refractivity contribution in [2.24, 2.45) is 0 Å². The van der Waals surface area contributed by atoms with Crippen LogP contribution in [0.3, 0.4) is 0 Å². The van der Waals surface area contributed by atoms with Crippen molar-refractivity contribution in [3.05, 3.63) is 24.3 Å². The minimum Gasteiger partial charge on any atom is -0.485 e. The largest absolute Gasteiger partial charge is 0.485 e. The van der Waals surface area contributed by atoms with Crippen molar-refractivity contribution in [1.29, 1.82) is 0 Å². The molecule has 2 heterocycles. The van der Waals surface area contributed by atoms with E-state index in [-0.39, 0.29) is 19.1 Å². The minimum absolute atomic E-state index is 0.0175. The summed E-state index contributed by atoms with van der Waals surface area (Å²) >= 11 is 6.34. The Morgan fingerprint density at radius 1 is 1.35 bits per heavy atom. The monoisotopic (exact) mass is 396 g/mol. The van der Waals surface area contributed by atoms with Crippen molar-refractivity contribution >= 4 is 46.1 Å². The smallest absolute Gasteiger partial charge is 0.351 e. The van der Waals surface area contributed by atoms with E-state index in [1.807, 2.05) is 0 Å². The van der Waals surface area contributed by atoms with Gasteiger partial charge in [0, 0.05) is 13.1 Å². The highest BCUT2D eigenvalue weighted by Crippen LogP contribution is 2.31. The molecule has 0 saturated carbocycles. The number of carbonyl (C=O) groups is 3. The van der Waals surface area contributed by atoms with Crippen LogP contribution in [0.15, 0.2) is 24.3 Å². The first-order chi connectivity index (χ1) is 12.5. The molecule has 3 rings (SSSR count). The number of rotatable bonds is 6. The normalized spacial score (nSPS) is 18.6. The molecule has 2 aliphatic heterocycles. The van der Waals surface area contributed by atoms with Crippen molar-refractivity contribution in [1.82, 2.24) is 10.2 Å². The van der Waals surface area contributed by atoms with Crippen LogP contribution in [-0.2, 0) is 19.1 Å². The third kappa shape index (κ3) is 4.44. The lowest BCUT2D eigenvalue weighted by Gasteiger charge is -2.24. The van der Waals surface area contributed by atoms with Gasteiger partial charge >= 0.3 is 5.97 Å². The molecule has 1 atom stereocenters. The molecule has 0 aromatic heterocycles. The lowest BCUT2D eigenvalue weighted by Crippen LogP contribution is -2.41. The maximum Gasteiger partial charge on any atom is 0.351 e. The van der Waals surface area contributed by atoms with Crippen LogP contribution in [0, 0.1) is 0 Å². The molecule has 1 N–H and O–H groups in total. The van der Waals surface area contributed by atoms with Gasteiger partial charge in [-0.1, -0.05) is 36.1 Å².